The van der Waals surface area contributed by atoms with Crippen LogP contribution in [0.2, 0.25) is 0 Å². The molecule has 1 aromatic carbocycles. The van der Waals surface area contributed by atoms with E-state index in [1.807, 2.05) is 28.5 Å². The zero-order chi connectivity index (χ0) is 23.3. The van der Waals surface area contributed by atoms with Crippen LogP contribution in [0.4, 0.5) is 0 Å². The zero-order valence-corrected chi connectivity index (χ0v) is 21.5. The summed E-state index contributed by atoms with van der Waals surface area (Å²) in [6.45, 7) is 4.39. The van der Waals surface area contributed by atoms with E-state index in [-0.39, 0.29) is 24.0 Å². The Bertz CT molecular complexity index is 927. The predicted molar refractivity (Wildman–Crippen MR) is 134 cm³/mol. The van der Waals surface area contributed by atoms with Crippen LogP contribution >= 0.6 is 27.3 Å². The van der Waals surface area contributed by atoms with Crippen LogP contribution in [0.3, 0.4) is 0 Å². The Morgan fingerprint density at radius 2 is 1.91 bits per heavy atom. The summed E-state index contributed by atoms with van der Waals surface area (Å²) in [4.78, 5) is 31.1. The molecule has 8 heteroatoms. The lowest BCUT2D eigenvalue weighted by Gasteiger charge is -2.38. The highest BCUT2D eigenvalue weighted by atomic mass is 79.9. The number of carbonyl (C=O) groups is 2. The van der Waals surface area contributed by atoms with Crippen molar-refractivity contribution < 1.29 is 14.3 Å². The minimum Gasteiger partial charge on any atom is -0.375 e. The molecule has 2 aliphatic rings. The normalized spacial score (nSPS) is 19.2. The third kappa shape index (κ3) is 6.04. The van der Waals surface area contributed by atoms with E-state index in [0.717, 1.165) is 56.3 Å². The number of hydrogen-bond donors (Lipinski definition) is 1. The summed E-state index contributed by atoms with van der Waals surface area (Å²) in [5.74, 6) is 0.240. The molecule has 2 aliphatic heterocycles. The average molecular weight is 535 g/mol. The summed E-state index contributed by atoms with van der Waals surface area (Å²) in [6.07, 6.45) is 3.65. The van der Waals surface area contributed by atoms with Crippen molar-refractivity contribution in [1.29, 1.82) is 0 Å². The fraction of sp³-hybridized carbons (Fsp3) is 0.520. The van der Waals surface area contributed by atoms with Crippen LogP contribution < -0.4 is 5.32 Å². The van der Waals surface area contributed by atoms with Crippen LogP contribution in [0.1, 0.15) is 42.2 Å². The van der Waals surface area contributed by atoms with E-state index in [1.54, 1.807) is 11.3 Å². The zero-order valence-electron chi connectivity index (χ0n) is 19.1. The van der Waals surface area contributed by atoms with Crippen molar-refractivity contribution in [2.75, 3.05) is 39.9 Å². The monoisotopic (exact) mass is 533 g/mol. The number of halogens is 1. The third-order valence-electron chi connectivity index (χ3n) is 6.93. The number of amides is 2. The largest absolute Gasteiger partial charge is 0.375 e. The van der Waals surface area contributed by atoms with Gasteiger partial charge < -0.3 is 19.9 Å². The van der Waals surface area contributed by atoms with Gasteiger partial charge in [0, 0.05) is 36.1 Å². The van der Waals surface area contributed by atoms with Crippen LogP contribution in [0.15, 0.2) is 46.3 Å². The van der Waals surface area contributed by atoms with E-state index < -0.39 is 0 Å². The molecule has 33 heavy (non-hydrogen) atoms. The fourth-order valence-electron chi connectivity index (χ4n) is 4.98. The number of piperidine rings is 1. The first kappa shape index (κ1) is 24.4. The number of rotatable bonds is 9. The first-order chi connectivity index (χ1) is 16.0. The SMILES string of the molecule is COCC(=O)NC(CCN1CCC2(CC1)CCN(Cc1ccc(Br)cc1)C2=O)c1cccs1. The fourth-order valence-corrected chi connectivity index (χ4v) is 6.05. The molecule has 6 nitrogen and oxygen atoms in total. The van der Waals surface area contributed by atoms with Gasteiger partial charge in [-0.1, -0.05) is 34.1 Å². The molecule has 4 rings (SSSR count). The Hall–Kier alpha value is -1.74. The molecule has 2 saturated heterocycles. The highest BCUT2D eigenvalue weighted by molar-refractivity contribution is 9.10. The number of hydrogen-bond acceptors (Lipinski definition) is 5. The summed E-state index contributed by atoms with van der Waals surface area (Å²) in [7, 11) is 1.54. The van der Waals surface area contributed by atoms with Crippen LogP contribution in [-0.2, 0) is 20.9 Å². The number of methoxy groups -OCH3 is 1. The standard InChI is InChI=1S/C25H32BrN3O3S/c1-32-18-23(30)27-21(22-3-2-16-33-22)8-12-28-13-9-25(10-14-28)11-15-29(24(25)31)17-19-4-6-20(26)7-5-19/h2-7,16,21H,8-15,17-18H2,1H3,(H,27,30). The van der Waals surface area contributed by atoms with E-state index >= 15 is 0 Å². The Labute approximate surface area is 208 Å². The van der Waals surface area contributed by atoms with Gasteiger partial charge in [-0.3, -0.25) is 9.59 Å². The molecule has 0 bridgehead atoms. The van der Waals surface area contributed by atoms with Crippen LogP contribution in [-0.4, -0.2) is 61.5 Å². The van der Waals surface area contributed by atoms with Gasteiger partial charge in [0.25, 0.3) is 0 Å². The van der Waals surface area contributed by atoms with E-state index in [0.29, 0.717) is 12.5 Å². The van der Waals surface area contributed by atoms with E-state index in [1.165, 1.54) is 17.6 Å². The Morgan fingerprint density at radius 3 is 2.58 bits per heavy atom. The van der Waals surface area contributed by atoms with E-state index in [4.69, 9.17) is 4.74 Å². The number of carbonyl (C=O) groups excluding carboxylic acids is 2. The first-order valence-corrected chi connectivity index (χ1v) is 13.2. The number of likely N-dealkylation sites (tertiary alicyclic amines) is 2. The van der Waals surface area contributed by atoms with Gasteiger partial charge in [-0.15, -0.1) is 11.3 Å². The molecule has 0 radical (unpaired) electrons. The van der Waals surface area contributed by atoms with Crippen molar-refractivity contribution >= 4 is 39.1 Å². The summed E-state index contributed by atoms with van der Waals surface area (Å²) in [5, 5.41) is 5.15. The molecule has 1 spiro atoms. The third-order valence-corrected chi connectivity index (χ3v) is 8.45. The van der Waals surface area contributed by atoms with Gasteiger partial charge >= 0.3 is 0 Å². The maximum absolute atomic E-state index is 13.3. The van der Waals surface area contributed by atoms with Gasteiger partial charge in [0.2, 0.25) is 11.8 Å². The van der Waals surface area contributed by atoms with Crippen molar-refractivity contribution in [2.24, 2.45) is 5.41 Å². The molecule has 2 fully saturated rings. The minimum absolute atomic E-state index is 0.00181. The van der Waals surface area contributed by atoms with Crippen LogP contribution in [0, 0.1) is 5.41 Å². The number of ether oxygens (including phenoxy) is 1. The molecule has 1 unspecified atom stereocenters. The maximum Gasteiger partial charge on any atom is 0.246 e. The lowest BCUT2D eigenvalue weighted by molar-refractivity contribution is -0.139. The predicted octanol–water partition coefficient (Wildman–Crippen LogP) is 4.22. The van der Waals surface area contributed by atoms with E-state index in [9.17, 15) is 9.59 Å². The molecule has 0 saturated carbocycles. The molecule has 2 aromatic rings. The van der Waals surface area contributed by atoms with Gasteiger partial charge in [0.1, 0.15) is 6.61 Å². The van der Waals surface area contributed by atoms with Gasteiger partial charge in [0.05, 0.1) is 11.5 Å². The van der Waals surface area contributed by atoms with Crippen molar-refractivity contribution in [1.82, 2.24) is 15.1 Å². The Morgan fingerprint density at radius 1 is 1.18 bits per heavy atom. The van der Waals surface area contributed by atoms with Crippen molar-refractivity contribution in [3.8, 4) is 0 Å². The smallest absolute Gasteiger partial charge is 0.246 e. The van der Waals surface area contributed by atoms with Crippen molar-refractivity contribution in [3.05, 3.63) is 56.7 Å². The van der Waals surface area contributed by atoms with E-state index in [2.05, 4.69) is 44.3 Å². The quantitative estimate of drug-likeness (QED) is 0.524. The van der Waals surface area contributed by atoms with Gasteiger partial charge in [-0.05, 0) is 67.9 Å². The van der Waals surface area contributed by atoms with Crippen molar-refractivity contribution in [2.45, 2.75) is 38.3 Å². The minimum atomic E-state index is -0.189. The average Bonchev–Trinajstić information content (AvgIpc) is 3.45. The molecule has 178 valence electrons. The summed E-state index contributed by atoms with van der Waals surface area (Å²) < 4.78 is 6.03. The Kier molecular flexibility index (Phi) is 8.22. The molecular weight excluding hydrogens is 502 g/mol. The molecule has 1 aromatic heterocycles. The molecule has 3 heterocycles. The number of nitrogens with one attached hydrogen (secondary N) is 1. The summed E-state index contributed by atoms with van der Waals surface area (Å²) >= 11 is 5.14. The maximum atomic E-state index is 13.3. The van der Waals surface area contributed by atoms with Crippen molar-refractivity contribution in [3.63, 3.8) is 0 Å². The van der Waals surface area contributed by atoms with Crippen LogP contribution in [0.5, 0.6) is 0 Å². The lowest BCUT2D eigenvalue weighted by atomic mass is 9.77. The molecule has 0 aliphatic carbocycles. The second-order valence-electron chi connectivity index (χ2n) is 9.08. The molecule has 1 atom stereocenters. The second kappa shape index (κ2) is 11.1. The summed E-state index contributed by atoms with van der Waals surface area (Å²) in [5.41, 5.74) is 0.988. The topological polar surface area (TPSA) is 61.9 Å². The van der Waals surface area contributed by atoms with Gasteiger partial charge in [0.15, 0.2) is 0 Å². The first-order valence-electron chi connectivity index (χ1n) is 11.6. The lowest BCUT2D eigenvalue weighted by Crippen LogP contribution is -2.45. The number of thiophene rings is 1. The number of nitrogens with zero attached hydrogens (tertiary/aromatic N) is 2. The van der Waals surface area contributed by atoms with Crippen LogP contribution in [0.25, 0.3) is 0 Å². The second-order valence-corrected chi connectivity index (χ2v) is 11.0. The van der Waals surface area contributed by atoms with Gasteiger partial charge in [-0.2, -0.15) is 0 Å². The highest BCUT2D eigenvalue weighted by Gasteiger charge is 2.47. The number of benzene rings is 1. The highest BCUT2D eigenvalue weighted by Crippen LogP contribution is 2.42. The molecule has 2 amide bonds. The molecule has 1 N–H and O–H groups in total. The Balaban J connectivity index is 1.28. The summed E-state index contributed by atoms with van der Waals surface area (Å²) in [6, 6.07) is 12.3. The van der Waals surface area contributed by atoms with Gasteiger partial charge in [-0.25, -0.2) is 0 Å². The molecular formula is C25H32BrN3O3S.